The fourth-order valence-electron chi connectivity index (χ4n) is 1.50. The van der Waals surface area contributed by atoms with Gasteiger partial charge in [0.25, 0.3) is 5.91 Å². The van der Waals surface area contributed by atoms with Gasteiger partial charge in [-0.05, 0) is 12.1 Å². The second kappa shape index (κ2) is 4.14. The van der Waals surface area contributed by atoms with Crippen molar-refractivity contribution in [2.45, 2.75) is 6.92 Å². The highest BCUT2D eigenvalue weighted by Gasteiger charge is 2.27. The smallest absolute Gasteiger partial charge is 0.255 e. The summed E-state index contributed by atoms with van der Waals surface area (Å²) in [6.07, 6.45) is 0. The highest BCUT2D eigenvalue weighted by Crippen LogP contribution is 2.16. The molecule has 1 heterocycles. The predicted molar refractivity (Wildman–Crippen MR) is 60.0 cm³/mol. The van der Waals surface area contributed by atoms with Gasteiger partial charge in [0.15, 0.2) is 0 Å². The van der Waals surface area contributed by atoms with Crippen LogP contribution in [0.4, 0.5) is 5.69 Å². The van der Waals surface area contributed by atoms with E-state index in [1.54, 1.807) is 12.1 Å². The maximum Gasteiger partial charge on any atom is 0.255 e. The van der Waals surface area contributed by atoms with Crippen LogP contribution in [0, 0.1) is 0 Å². The lowest BCUT2D eigenvalue weighted by molar-refractivity contribution is -0.117. The number of guanidine groups is 1. The normalized spacial score (nSPS) is 14.9. The lowest BCUT2D eigenvalue weighted by atomic mass is 10.3. The van der Waals surface area contributed by atoms with Crippen molar-refractivity contribution in [3.8, 4) is 0 Å². The minimum Gasteiger partial charge on any atom is -0.296 e. The number of benzene rings is 1. The molecule has 82 valence electrons. The summed E-state index contributed by atoms with van der Waals surface area (Å²) in [6.45, 7) is 1.46. The van der Waals surface area contributed by atoms with Gasteiger partial charge in [-0.25, -0.2) is 9.89 Å². The van der Waals surface area contributed by atoms with Crippen molar-refractivity contribution in [3.63, 3.8) is 0 Å². The molecule has 0 bridgehead atoms. The number of para-hydroxylation sites is 1. The number of carbonyl (C=O) groups excluding carboxylic acids is 2. The van der Waals surface area contributed by atoms with Crippen molar-refractivity contribution >= 4 is 23.5 Å². The van der Waals surface area contributed by atoms with E-state index in [1.807, 2.05) is 18.2 Å². The average molecular weight is 217 g/mol. The van der Waals surface area contributed by atoms with Crippen LogP contribution in [0.3, 0.4) is 0 Å². The molecule has 0 saturated carbocycles. The van der Waals surface area contributed by atoms with Gasteiger partial charge in [0.2, 0.25) is 11.9 Å². The van der Waals surface area contributed by atoms with Crippen LogP contribution in [0.2, 0.25) is 0 Å². The largest absolute Gasteiger partial charge is 0.296 e. The van der Waals surface area contributed by atoms with Crippen molar-refractivity contribution in [1.82, 2.24) is 5.32 Å². The number of nitrogens with zero attached hydrogens (tertiary/aromatic N) is 2. The van der Waals surface area contributed by atoms with Crippen LogP contribution in [0.25, 0.3) is 0 Å². The Hall–Kier alpha value is -2.17. The Bertz CT molecular complexity index is 454. The molecule has 5 heteroatoms. The summed E-state index contributed by atoms with van der Waals surface area (Å²) in [7, 11) is 0. The highest BCUT2D eigenvalue weighted by molar-refractivity contribution is 6.23. The predicted octanol–water partition coefficient (Wildman–Crippen LogP) is 0.525. The van der Waals surface area contributed by atoms with Crippen LogP contribution in [0.5, 0.6) is 0 Å². The molecule has 1 N–H and O–H groups in total. The standard InChI is InChI=1S/C11H11N3O2/c1-8(15)13-11-12-7-10(16)14(11)9-5-3-2-4-6-9/h2-6H,7H2,1H3,(H,12,13,15). The molecular weight excluding hydrogens is 206 g/mol. The zero-order chi connectivity index (χ0) is 11.5. The number of anilines is 1. The molecule has 1 aromatic rings. The topological polar surface area (TPSA) is 61.8 Å². The Balaban J connectivity index is 2.28. The summed E-state index contributed by atoms with van der Waals surface area (Å²) in [5, 5.41) is 2.54. The molecule has 0 atom stereocenters. The van der Waals surface area contributed by atoms with Crippen molar-refractivity contribution in [1.29, 1.82) is 0 Å². The number of hydrogen-bond acceptors (Lipinski definition) is 3. The molecule has 0 fully saturated rings. The number of carbonyl (C=O) groups is 2. The van der Waals surface area contributed by atoms with E-state index in [2.05, 4.69) is 10.3 Å². The fraction of sp³-hybridized carbons (Fsp3) is 0.182. The summed E-state index contributed by atoms with van der Waals surface area (Å²) >= 11 is 0. The van der Waals surface area contributed by atoms with Gasteiger partial charge in [0.05, 0.1) is 5.69 Å². The third-order valence-corrected chi connectivity index (χ3v) is 2.13. The first-order valence-corrected chi connectivity index (χ1v) is 4.88. The second-order valence-electron chi connectivity index (χ2n) is 3.39. The molecular formula is C11H11N3O2. The molecule has 1 aliphatic rings. The Kier molecular flexibility index (Phi) is 2.68. The first-order valence-electron chi connectivity index (χ1n) is 4.88. The van der Waals surface area contributed by atoms with E-state index in [1.165, 1.54) is 11.8 Å². The first kappa shape index (κ1) is 10.4. The van der Waals surface area contributed by atoms with Gasteiger partial charge in [-0.1, -0.05) is 18.2 Å². The second-order valence-corrected chi connectivity index (χ2v) is 3.39. The molecule has 0 spiro atoms. The van der Waals surface area contributed by atoms with E-state index in [4.69, 9.17) is 0 Å². The lowest BCUT2D eigenvalue weighted by Crippen LogP contribution is -2.43. The van der Waals surface area contributed by atoms with Crippen LogP contribution in [-0.4, -0.2) is 24.3 Å². The summed E-state index contributed by atoms with van der Waals surface area (Å²) < 4.78 is 0. The number of rotatable bonds is 1. The first-order chi connectivity index (χ1) is 7.68. The zero-order valence-electron chi connectivity index (χ0n) is 8.80. The van der Waals surface area contributed by atoms with Crippen LogP contribution < -0.4 is 10.2 Å². The number of hydrogen-bond donors (Lipinski definition) is 1. The molecule has 0 unspecified atom stereocenters. The molecule has 16 heavy (non-hydrogen) atoms. The van der Waals surface area contributed by atoms with E-state index >= 15 is 0 Å². The van der Waals surface area contributed by atoms with E-state index in [9.17, 15) is 9.59 Å². The summed E-state index contributed by atoms with van der Waals surface area (Å²) in [5.41, 5.74) is 0.706. The molecule has 5 nitrogen and oxygen atoms in total. The number of aliphatic imine (C=N–C) groups is 1. The maximum atomic E-state index is 11.6. The maximum absolute atomic E-state index is 11.6. The third-order valence-electron chi connectivity index (χ3n) is 2.13. The zero-order valence-corrected chi connectivity index (χ0v) is 8.80. The fourth-order valence-corrected chi connectivity index (χ4v) is 1.50. The van der Waals surface area contributed by atoms with Crippen molar-refractivity contribution in [2.75, 3.05) is 11.4 Å². The Morgan fingerprint density at radius 3 is 2.69 bits per heavy atom. The minimum atomic E-state index is -0.241. The van der Waals surface area contributed by atoms with Gasteiger partial charge in [-0.15, -0.1) is 0 Å². The van der Waals surface area contributed by atoms with Gasteiger partial charge in [-0.3, -0.25) is 14.9 Å². The van der Waals surface area contributed by atoms with Gasteiger partial charge in [-0.2, -0.15) is 0 Å². The van der Waals surface area contributed by atoms with Gasteiger partial charge in [0.1, 0.15) is 6.54 Å². The Morgan fingerprint density at radius 2 is 2.06 bits per heavy atom. The van der Waals surface area contributed by atoms with Gasteiger partial charge in [0, 0.05) is 6.92 Å². The Labute approximate surface area is 92.8 Å². The van der Waals surface area contributed by atoms with Crippen LogP contribution in [0.15, 0.2) is 35.3 Å². The van der Waals surface area contributed by atoms with Gasteiger partial charge < -0.3 is 0 Å². The summed E-state index contributed by atoms with van der Waals surface area (Å²) in [6, 6.07) is 9.10. The molecule has 2 amide bonds. The molecule has 0 radical (unpaired) electrons. The molecule has 2 rings (SSSR count). The van der Waals surface area contributed by atoms with E-state index in [0.29, 0.717) is 11.6 Å². The minimum absolute atomic E-state index is 0.0739. The Morgan fingerprint density at radius 1 is 1.38 bits per heavy atom. The van der Waals surface area contributed by atoms with Crippen LogP contribution in [-0.2, 0) is 9.59 Å². The SMILES string of the molecule is CC(=O)NC1=NCC(=O)N1c1ccccc1. The third kappa shape index (κ3) is 1.93. The quantitative estimate of drug-likeness (QED) is 0.745. The number of amides is 2. The highest BCUT2D eigenvalue weighted by atomic mass is 16.2. The van der Waals surface area contributed by atoms with Crippen molar-refractivity contribution in [2.24, 2.45) is 4.99 Å². The molecule has 0 saturated heterocycles. The van der Waals surface area contributed by atoms with E-state index in [-0.39, 0.29) is 18.4 Å². The summed E-state index contributed by atoms with van der Waals surface area (Å²) in [5.74, 6) is -0.0898. The average Bonchev–Trinajstić information content (AvgIpc) is 2.60. The summed E-state index contributed by atoms with van der Waals surface area (Å²) in [4.78, 5) is 28.0. The van der Waals surface area contributed by atoms with E-state index in [0.717, 1.165) is 0 Å². The van der Waals surface area contributed by atoms with Crippen molar-refractivity contribution in [3.05, 3.63) is 30.3 Å². The molecule has 0 aromatic heterocycles. The van der Waals surface area contributed by atoms with Crippen LogP contribution in [0.1, 0.15) is 6.92 Å². The van der Waals surface area contributed by atoms with Gasteiger partial charge >= 0.3 is 0 Å². The number of nitrogens with one attached hydrogen (secondary N) is 1. The van der Waals surface area contributed by atoms with Crippen molar-refractivity contribution < 1.29 is 9.59 Å². The van der Waals surface area contributed by atoms with Crippen LogP contribution >= 0.6 is 0 Å². The monoisotopic (exact) mass is 217 g/mol. The lowest BCUT2D eigenvalue weighted by Gasteiger charge is -2.17. The molecule has 0 aliphatic carbocycles. The molecule has 1 aromatic carbocycles. The van der Waals surface area contributed by atoms with E-state index < -0.39 is 0 Å². The molecule has 1 aliphatic heterocycles.